The summed E-state index contributed by atoms with van der Waals surface area (Å²) in [7, 11) is 0. The smallest absolute Gasteiger partial charge is 0.0367 e. The van der Waals surface area contributed by atoms with E-state index in [4.69, 9.17) is 11.5 Å². The Morgan fingerprint density at radius 2 is 1.92 bits per heavy atom. The SMILES string of the molecule is CC(C)Cc1ccc(N)cc1N. The lowest BCUT2D eigenvalue weighted by Gasteiger charge is -2.08. The number of anilines is 2. The largest absolute Gasteiger partial charge is 0.399 e. The van der Waals surface area contributed by atoms with Crippen molar-refractivity contribution in [3.63, 3.8) is 0 Å². The fourth-order valence-electron chi connectivity index (χ4n) is 1.24. The summed E-state index contributed by atoms with van der Waals surface area (Å²) in [5, 5.41) is 0. The Morgan fingerprint density at radius 1 is 1.25 bits per heavy atom. The van der Waals surface area contributed by atoms with Crippen LogP contribution in [-0.2, 0) is 6.42 Å². The van der Waals surface area contributed by atoms with Gasteiger partial charge in [0.1, 0.15) is 0 Å². The van der Waals surface area contributed by atoms with Crippen molar-refractivity contribution in [3.8, 4) is 0 Å². The first-order valence-corrected chi connectivity index (χ1v) is 4.23. The molecule has 1 rings (SSSR count). The van der Waals surface area contributed by atoms with Crippen molar-refractivity contribution < 1.29 is 0 Å². The van der Waals surface area contributed by atoms with E-state index in [1.807, 2.05) is 18.2 Å². The molecule has 0 aliphatic carbocycles. The summed E-state index contributed by atoms with van der Waals surface area (Å²) >= 11 is 0. The van der Waals surface area contributed by atoms with Crippen molar-refractivity contribution in [2.24, 2.45) is 5.92 Å². The van der Waals surface area contributed by atoms with E-state index in [2.05, 4.69) is 13.8 Å². The molecule has 0 amide bonds. The van der Waals surface area contributed by atoms with Gasteiger partial charge in [0.05, 0.1) is 0 Å². The Hall–Kier alpha value is -1.18. The molecule has 12 heavy (non-hydrogen) atoms. The Labute approximate surface area is 73.6 Å². The third kappa shape index (κ3) is 2.16. The fraction of sp³-hybridized carbons (Fsp3) is 0.400. The maximum Gasteiger partial charge on any atom is 0.0367 e. The van der Waals surface area contributed by atoms with Crippen LogP contribution in [0.1, 0.15) is 19.4 Å². The molecule has 1 aromatic carbocycles. The highest BCUT2D eigenvalue weighted by molar-refractivity contribution is 5.56. The number of hydrogen-bond donors (Lipinski definition) is 2. The molecule has 0 spiro atoms. The third-order valence-corrected chi connectivity index (χ3v) is 1.80. The number of nitrogen functional groups attached to an aromatic ring is 2. The van der Waals surface area contributed by atoms with Gasteiger partial charge in [-0.25, -0.2) is 0 Å². The van der Waals surface area contributed by atoms with E-state index in [0.29, 0.717) is 5.92 Å². The second-order valence-electron chi connectivity index (χ2n) is 3.56. The minimum Gasteiger partial charge on any atom is -0.399 e. The monoisotopic (exact) mass is 164 g/mol. The number of nitrogens with two attached hydrogens (primary N) is 2. The van der Waals surface area contributed by atoms with Gasteiger partial charge < -0.3 is 11.5 Å². The average Bonchev–Trinajstić information content (AvgIpc) is 1.94. The summed E-state index contributed by atoms with van der Waals surface area (Å²) in [6, 6.07) is 5.72. The van der Waals surface area contributed by atoms with E-state index in [0.717, 1.165) is 17.8 Å². The predicted molar refractivity (Wildman–Crippen MR) is 53.8 cm³/mol. The van der Waals surface area contributed by atoms with Crippen LogP contribution in [0.2, 0.25) is 0 Å². The van der Waals surface area contributed by atoms with Gasteiger partial charge in [0.2, 0.25) is 0 Å². The molecule has 0 aromatic heterocycles. The van der Waals surface area contributed by atoms with E-state index in [9.17, 15) is 0 Å². The highest BCUT2D eigenvalue weighted by Gasteiger charge is 2.01. The molecule has 0 aliphatic heterocycles. The summed E-state index contributed by atoms with van der Waals surface area (Å²) in [4.78, 5) is 0. The van der Waals surface area contributed by atoms with Gasteiger partial charge in [-0.3, -0.25) is 0 Å². The van der Waals surface area contributed by atoms with Gasteiger partial charge >= 0.3 is 0 Å². The van der Waals surface area contributed by atoms with Crippen molar-refractivity contribution in [1.82, 2.24) is 0 Å². The summed E-state index contributed by atoms with van der Waals surface area (Å²) in [5.41, 5.74) is 14.1. The van der Waals surface area contributed by atoms with Crippen LogP contribution in [0.4, 0.5) is 11.4 Å². The van der Waals surface area contributed by atoms with E-state index in [-0.39, 0.29) is 0 Å². The highest BCUT2D eigenvalue weighted by Crippen LogP contribution is 2.18. The normalized spacial score (nSPS) is 10.6. The zero-order chi connectivity index (χ0) is 9.14. The van der Waals surface area contributed by atoms with Gasteiger partial charge in [0.15, 0.2) is 0 Å². The standard InChI is InChI=1S/C10H16N2/c1-7(2)5-8-3-4-9(11)6-10(8)12/h3-4,6-7H,5,11-12H2,1-2H3. The summed E-state index contributed by atoms with van der Waals surface area (Å²) in [6.07, 6.45) is 1.02. The quantitative estimate of drug-likeness (QED) is 0.657. The van der Waals surface area contributed by atoms with Crippen molar-refractivity contribution in [1.29, 1.82) is 0 Å². The predicted octanol–water partition coefficient (Wildman–Crippen LogP) is 2.05. The Bertz CT molecular complexity index is 267. The van der Waals surface area contributed by atoms with Crippen LogP contribution in [-0.4, -0.2) is 0 Å². The number of benzene rings is 1. The minimum atomic E-state index is 0.635. The van der Waals surface area contributed by atoms with E-state index >= 15 is 0 Å². The number of rotatable bonds is 2. The first-order valence-electron chi connectivity index (χ1n) is 4.23. The Morgan fingerprint density at radius 3 is 2.42 bits per heavy atom. The highest BCUT2D eigenvalue weighted by atomic mass is 14.6. The van der Waals surface area contributed by atoms with Crippen LogP contribution in [0.15, 0.2) is 18.2 Å². The second kappa shape index (κ2) is 3.48. The molecular weight excluding hydrogens is 148 g/mol. The molecule has 0 heterocycles. The van der Waals surface area contributed by atoms with Crippen molar-refractivity contribution in [2.75, 3.05) is 11.5 Å². The van der Waals surface area contributed by atoms with Gasteiger partial charge in [-0.05, 0) is 30.0 Å². The van der Waals surface area contributed by atoms with Crippen LogP contribution < -0.4 is 11.5 Å². The zero-order valence-corrected chi connectivity index (χ0v) is 7.67. The summed E-state index contributed by atoms with van der Waals surface area (Å²) in [6.45, 7) is 4.35. The molecule has 2 heteroatoms. The summed E-state index contributed by atoms with van der Waals surface area (Å²) < 4.78 is 0. The van der Waals surface area contributed by atoms with Crippen LogP contribution >= 0.6 is 0 Å². The molecule has 2 nitrogen and oxygen atoms in total. The van der Waals surface area contributed by atoms with Crippen molar-refractivity contribution in [2.45, 2.75) is 20.3 Å². The maximum atomic E-state index is 5.79. The number of hydrogen-bond acceptors (Lipinski definition) is 2. The van der Waals surface area contributed by atoms with Crippen LogP contribution in [0.3, 0.4) is 0 Å². The fourth-order valence-corrected chi connectivity index (χ4v) is 1.24. The molecule has 4 N–H and O–H groups in total. The second-order valence-corrected chi connectivity index (χ2v) is 3.56. The van der Waals surface area contributed by atoms with E-state index in [1.165, 1.54) is 5.56 Å². The lowest BCUT2D eigenvalue weighted by molar-refractivity contribution is 0.648. The van der Waals surface area contributed by atoms with E-state index in [1.54, 1.807) is 0 Å². The molecule has 66 valence electrons. The van der Waals surface area contributed by atoms with Crippen molar-refractivity contribution in [3.05, 3.63) is 23.8 Å². The minimum absolute atomic E-state index is 0.635. The first kappa shape index (κ1) is 8.91. The van der Waals surface area contributed by atoms with Crippen molar-refractivity contribution >= 4 is 11.4 Å². The molecule has 0 saturated heterocycles. The first-order chi connectivity index (χ1) is 5.59. The lowest BCUT2D eigenvalue weighted by Crippen LogP contribution is -2.00. The molecule has 0 saturated carbocycles. The molecule has 1 aromatic rings. The Kier molecular flexibility index (Phi) is 2.58. The molecule has 0 unspecified atom stereocenters. The van der Waals surface area contributed by atoms with Gasteiger partial charge in [0.25, 0.3) is 0 Å². The molecule has 0 aliphatic rings. The molecule has 0 radical (unpaired) electrons. The summed E-state index contributed by atoms with van der Waals surface area (Å²) in [5.74, 6) is 0.635. The molecule has 0 fully saturated rings. The van der Waals surface area contributed by atoms with Gasteiger partial charge in [-0.1, -0.05) is 19.9 Å². The van der Waals surface area contributed by atoms with Crippen LogP contribution in [0, 0.1) is 5.92 Å². The average molecular weight is 164 g/mol. The molecule has 0 atom stereocenters. The molecule has 0 bridgehead atoms. The zero-order valence-electron chi connectivity index (χ0n) is 7.67. The topological polar surface area (TPSA) is 52.0 Å². The lowest BCUT2D eigenvalue weighted by atomic mass is 10.0. The third-order valence-electron chi connectivity index (χ3n) is 1.80. The van der Waals surface area contributed by atoms with E-state index < -0.39 is 0 Å². The molecular formula is C10H16N2. The van der Waals surface area contributed by atoms with Crippen LogP contribution in [0.25, 0.3) is 0 Å². The van der Waals surface area contributed by atoms with Gasteiger partial charge in [-0.15, -0.1) is 0 Å². The Balaban J connectivity index is 2.86. The van der Waals surface area contributed by atoms with Gasteiger partial charge in [-0.2, -0.15) is 0 Å². The maximum absolute atomic E-state index is 5.79. The van der Waals surface area contributed by atoms with Gasteiger partial charge in [0, 0.05) is 11.4 Å². The van der Waals surface area contributed by atoms with Crippen LogP contribution in [0.5, 0.6) is 0 Å².